The highest BCUT2D eigenvalue weighted by Crippen LogP contribution is 2.49. The van der Waals surface area contributed by atoms with Crippen molar-refractivity contribution in [2.24, 2.45) is 17.3 Å². The molecule has 0 aromatic heterocycles. The van der Waals surface area contributed by atoms with Crippen LogP contribution in [-0.2, 0) is 0 Å². The fourth-order valence-corrected chi connectivity index (χ4v) is 2.87. The van der Waals surface area contributed by atoms with E-state index in [2.05, 4.69) is 27.7 Å². The molecule has 0 N–H and O–H groups in total. The van der Waals surface area contributed by atoms with Crippen molar-refractivity contribution >= 4 is 0 Å². The SMILES string of the molecule is CCCC(C)C(C)(CC)C1CCC1. The van der Waals surface area contributed by atoms with E-state index in [1.165, 1.54) is 38.5 Å². The average molecular weight is 182 g/mol. The van der Waals surface area contributed by atoms with Gasteiger partial charge in [-0.25, -0.2) is 0 Å². The van der Waals surface area contributed by atoms with E-state index in [0.29, 0.717) is 5.41 Å². The number of rotatable bonds is 5. The van der Waals surface area contributed by atoms with Crippen LogP contribution in [0.4, 0.5) is 0 Å². The van der Waals surface area contributed by atoms with Gasteiger partial charge in [0.2, 0.25) is 0 Å². The molecule has 13 heavy (non-hydrogen) atoms. The molecule has 2 atom stereocenters. The molecule has 0 aromatic carbocycles. The fourth-order valence-electron chi connectivity index (χ4n) is 2.87. The van der Waals surface area contributed by atoms with Gasteiger partial charge in [0.1, 0.15) is 0 Å². The summed E-state index contributed by atoms with van der Waals surface area (Å²) >= 11 is 0. The maximum atomic E-state index is 2.52. The van der Waals surface area contributed by atoms with Gasteiger partial charge in [-0.05, 0) is 30.1 Å². The zero-order valence-corrected chi connectivity index (χ0v) is 9.90. The Hall–Kier alpha value is 0. The highest BCUT2D eigenvalue weighted by Gasteiger charge is 2.39. The van der Waals surface area contributed by atoms with E-state index in [-0.39, 0.29) is 0 Å². The van der Waals surface area contributed by atoms with Gasteiger partial charge in [0.25, 0.3) is 0 Å². The summed E-state index contributed by atoms with van der Waals surface area (Å²) in [6.45, 7) is 9.68. The zero-order valence-electron chi connectivity index (χ0n) is 9.90. The fraction of sp³-hybridized carbons (Fsp3) is 1.00. The molecule has 1 aliphatic carbocycles. The predicted molar refractivity (Wildman–Crippen MR) is 59.8 cm³/mol. The summed E-state index contributed by atoms with van der Waals surface area (Å²) in [6, 6.07) is 0. The summed E-state index contributed by atoms with van der Waals surface area (Å²) in [5.41, 5.74) is 0.647. The topological polar surface area (TPSA) is 0 Å². The lowest BCUT2D eigenvalue weighted by Crippen LogP contribution is -2.37. The molecule has 1 aliphatic rings. The summed E-state index contributed by atoms with van der Waals surface area (Å²) < 4.78 is 0. The van der Waals surface area contributed by atoms with Crippen LogP contribution in [0.1, 0.15) is 66.2 Å². The van der Waals surface area contributed by atoms with Crippen LogP contribution in [0.15, 0.2) is 0 Å². The minimum Gasteiger partial charge on any atom is -0.0654 e. The highest BCUT2D eigenvalue weighted by molar-refractivity contribution is 4.89. The highest BCUT2D eigenvalue weighted by atomic mass is 14.4. The molecular formula is C13H26. The molecule has 0 heteroatoms. The Balaban J connectivity index is 2.55. The third-order valence-electron chi connectivity index (χ3n) is 4.65. The van der Waals surface area contributed by atoms with Crippen LogP contribution in [0.2, 0.25) is 0 Å². The van der Waals surface area contributed by atoms with E-state index < -0.39 is 0 Å². The first-order valence-electron chi connectivity index (χ1n) is 6.15. The lowest BCUT2D eigenvalue weighted by atomic mass is 9.59. The van der Waals surface area contributed by atoms with Crippen LogP contribution in [0, 0.1) is 17.3 Å². The summed E-state index contributed by atoms with van der Waals surface area (Å²) in [5, 5.41) is 0. The van der Waals surface area contributed by atoms with E-state index in [9.17, 15) is 0 Å². The van der Waals surface area contributed by atoms with Crippen LogP contribution in [0.5, 0.6) is 0 Å². The normalized spacial score (nSPS) is 24.9. The molecule has 0 aromatic rings. The van der Waals surface area contributed by atoms with Crippen molar-refractivity contribution in [3.63, 3.8) is 0 Å². The van der Waals surface area contributed by atoms with Crippen molar-refractivity contribution in [1.82, 2.24) is 0 Å². The van der Waals surface area contributed by atoms with Gasteiger partial charge in [-0.3, -0.25) is 0 Å². The van der Waals surface area contributed by atoms with Crippen molar-refractivity contribution in [1.29, 1.82) is 0 Å². The molecule has 0 bridgehead atoms. The van der Waals surface area contributed by atoms with Gasteiger partial charge in [-0.2, -0.15) is 0 Å². The minimum atomic E-state index is 0.647. The van der Waals surface area contributed by atoms with E-state index in [0.717, 1.165) is 11.8 Å². The second kappa shape index (κ2) is 4.48. The number of hydrogen-bond donors (Lipinski definition) is 0. The lowest BCUT2D eigenvalue weighted by molar-refractivity contribution is 0.0356. The molecule has 0 aliphatic heterocycles. The van der Waals surface area contributed by atoms with Crippen LogP contribution in [-0.4, -0.2) is 0 Å². The van der Waals surface area contributed by atoms with Gasteiger partial charge in [-0.15, -0.1) is 0 Å². The van der Waals surface area contributed by atoms with Crippen molar-refractivity contribution < 1.29 is 0 Å². The summed E-state index contributed by atoms with van der Waals surface area (Å²) in [7, 11) is 0. The summed E-state index contributed by atoms with van der Waals surface area (Å²) in [6.07, 6.45) is 8.62. The predicted octanol–water partition coefficient (Wildman–Crippen LogP) is 4.64. The zero-order chi connectivity index (χ0) is 9.90. The van der Waals surface area contributed by atoms with Crippen LogP contribution < -0.4 is 0 Å². The van der Waals surface area contributed by atoms with Gasteiger partial charge in [0.05, 0.1) is 0 Å². The van der Waals surface area contributed by atoms with Gasteiger partial charge in [-0.1, -0.05) is 53.4 Å². The Labute approximate surface area is 84.1 Å². The van der Waals surface area contributed by atoms with Gasteiger partial charge in [0.15, 0.2) is 0 Å². The van der Waals surface area contributed by atoms with Crippen LogP contribution >= 0.6 is 0 Å². The second-order valence-corrected chi connectivity index (χ2v) is 5.18. The van der Waals surface area contributed by atoms with Crippen molar-refractivity contribution in [2.75, 3.05) is 0 Å². The van der Waals surface area contributed by atoms with E-state index in [4.69, 9.17) is 0 Å². The smallest absolute Gasteiger partial charge is 0.0274 e. The quantitative estimate of drug-likeness (QED) is 0.581. The average Bonchev–Trinajstić information content (AvgIpc) is 2.01. The van der Waals surface area contributed by atoms with Crippen molar-refractivity contribution in [3.8, 4) is 0 Å². The van der Waals surface area contributed by atoms with Gasteiger partial charge < -0.3 is 0 Å². The first kappa shape index (κ1) is 11.1. The van der Waals surface area contributed by atoms with Crippen molar-refractivity contribution in [2.45, 2.75) is 66.2 Å². The standard InChI is InChI=1S/C13H26/c1-5-8-11(3)13(4,6-2)12-9-7-10-12/h11-12H,5-10H2,1-4H3. The van der Waals surface area contributed by atoms with E-state index in [1.807, 2.05) is 0 Å². The van der Waals surface area contributed by atoms with Crippen LogP contribution in [0.3, 0.4) is 0 Å². The Morgan fingerprint density at radius 3 is 2.23 bits per heavy atom. The third kappa shape index (κ3) is 2.08. The Morgan fingerprint density at radius 2 is 1.92 bits per heavy atom. The molecule has 0 nitrogen and oxygen atoms in total. The van der Waals surface area contributed by atoms with Gasteiger partial charge in [0, 0.05) is 0 Å². The number of hydrogen-bond acceptors (Lipinski definition) is 0. The second-order valence-electron chi connectivity index (χ2n) is 5.18. The lowest BCUT2D eigenvalue weighted by Gasteiger charge is -2.47. The molecular weight excluding hydrogens is 156 g/mol. The molecule has 0 radical (unpaired) electrons. The minimum absolute atomic E-state index is 0.647. The molecule has 1 rings (SSSR count). The molecule has 0 saturated heterocycles. The maximum absolute atomic E-state index is 2.52. The first-order valence-corrected chi connectivity index (χ1v) is 6.15. The van der Waals surface area contributed by atoms with E-state index >= 15 is 0 Å². The van der Waals surface area contributed by atoms with E-state index in [1.54, 1.807) is 0 Å². The molecule has 0 spiro atoms. The summed E-state index contributed by atoms with van der Waals surface area (Å²) in [5.74, 6) is 1.96. The Morgan fingerprint density at radius 1 is 1.31 bits per heavy atom. The molecule has 0 heterocycles. The molecule has 1 saturated carbocycles. The van der Waals surface area contributed by atoms with Gasteiger partial charge >= 0.3 is 0 Å². The Kier molecular flexibility index (Phi) is 3.82. The monoisotopic (exact) mass is 182 g/mol. The van der Waals surface area contributed by atoms with Crippen molar-refractivity contribution in [3.05, 3.63) is 0 Å². The molecule has 0 amide bonds. The first-order chi connectivity index (χ1) is 6.15. The largest absolute Gasteiger partial charge is 0.0654 e. The van der Waals surface area contributed by atoms with Crippen LogP contribution in [0.25, 0.3) is 0 Å². The molecule has 2 unspecified atom stereocenters. The maximum Gasteiger partial charge on any atom is -0.0274 e. The molecule has 1 fully saturated rings. The molecule has 78 valence electrons. The Bertz CT molecular complexity index is 146. The third-order valence-corrected chi connectivity index (χ3v) is 4.65. The summed E-state index contributed by atoms with van der Waals surface area (Å²) in [4.78, 5) is 0.